The summed E-state index contributed by atoms with van der Waals surface area (Å²) in [7, 11) is 0. The number of aryl methyl sites for hydroxylation is 2. The number of hydrogen-bond acceptors (Lipinski definition) is 4. The normalized spacial score (nSPS) is 12.1. The summed E-state index contributed by atoms with van der Waals surface area (Å²) in [6.45, 7) is 2.34. The van der Waals surface area contributed by atoms with Gasteiger partial charge in [0.1, 0.15) is 6.04 Å². The molecule has 7 heteroatoms. The molecule has 7 nitrogen and oxygen atoms in total. The highest BCUT2D eigenvalue weighted by Crippen LogP contribution is 2.26. The van der Waals surface area contributed by atoms with Gasteiger partial charge in [-0.3, -0.25) is 19.3 Å². The van der Waals surface area contributed by atoms with Gasteiger partial charge in [-0.2, -0.15) is 0 Å². The highest BCUT2D eigenvalue weighted by molar-refractivity contribution is 5.84. The van der Waals surface area contributed by atoms with Crippen LogP contribution in [-0.2, 0) is 14.4 Å². The molecule has 1 amide bonds. The Morgan fingerprint density at radius 2 is 1.52 bits per heavy atom. The molecule has 0 saturated heterocycles. The molecular weight excluding hydrogens is 276 g/mol. The van der Waals surface area contributed by atoms with Gasteiger partial charge in [0, 0.05) is 0 Å². The average molecular weight is 294 g/mol. The maximum atomic E-state index is 11.8. The summed E-state index contributed by atoms with van der Waals surface area (Å²) in [5, 5.41) is 17.9. The molecule has 0 aliphatic heterocycles. The van der Waals surface area contributed by atoms with E-state index in [4.69, 9.17) is 15.9 Å². The fourth-order valence-electron chi connectivity index (χ4n) is 2.35. The van der Waals surface area contributed by atoms with Crippen LogP contribution in [0.4, 0.5) is 0 Å². The summed E-state index contributed by atoms with van der Waals surface area (Å²) in [5.74, 6) is -3.24. The molecule has 1 aromatic carbocycles. The Balaban J connectivity index is 3.33. The topological polar surface area (TPSA) is 121 Å². The third-order valence-corrected chi connectivity index (χ3v) is 3.13. The molecule has 0 aromatic heterocycles. The van der Waals surface area contributed by atoms with Gasteiger partial charge in [0.25, 0.3) is 0 Å². The molecule has 0 aliphatic carbocycles. The Bertz CT molecular complexity index is 534. The minimum absolute atomic E-state index is 0.549. The first-order chi connectivity index (χ1) is 9.73. The zero-order valence-electron chi connectivity index (χ0n) is 11.9. The summed E-state index contributed by atoms with van der Waals surface area (Å²) in [6.07, 6.45) is 0. The fraction of sp³-hybridized carbons (Fsp3) is 0.357. The van der Waals surface area contributed by atoms with Crippen molar-refractivity contribution in [2.45, 2.75) is 19.9 Å². The molecule has 0 aliphatic rings. The molecular formula is C14H18N2O5. The number of carboxylic acids is 2. The Morgan fingerprint density at radius 1 is 1.10 bits per heavy atom. The standard InChI is InChI=1S/C14H18N2O5/c1-8-4-3-5-9(2)12(8)13(14(15)21)16(6-10(17)18)7-11(19)20/h3-5,13H,6-7H2,1-2H3,(H2,15,21)(H,17,18)(H,19,20). The second kappa shape index (κ2) is 6.85. The monoisotopic (exact) mass is 294 g/mol. The predicted octanol–water partition coefficient (Wildman–Crippen LogP) is 0.301. The number of nitrogens with zero attached hydrogens (tertiary/aromatic N) is 1. The van der Waals surface area contributed by atoms with Crippen LogP contribution in [0.3, 0.4) is 0 Å². The van der Waals surface area contributed by atoms with Crippen molar-refractivity contribution in [1.82, 2.24) is 4.90 Å². The lowest BCUT2D eigenvalue weighted by molar-refractivity contribution is -0.144. The number of aliphatic carboxylic acids is 2. The van der Waals surface area contributed by atoms with E-state index in [-0.39, 0.29) is 0 Å². The minimum Gasteiger partial charge on any atom is -0.480 e. The summed E-state index contributed by atoms with van der Waals surface area (Å²) < 4.78 is 0. The molecule has 114 valence electrons. The number of primary amides is 1. The molecule has 1 rings (SSSR count). The number of carboxylic acid groups (broad SMARTS) is 2. The Labute approximate surface area is 122 Å². The van der Waals surface area contributed by atoms with Gasteiger partial charge < -0.3 is 15.9 Å². The first-order valence-corrected chi connectivity index (χ1v) is 6.27. The zero-order chi connectivity index (χ0) is 16.2. The number of benzene rings is 1. The van der Waals surface area contributed by atoms with Crippen molar-refractivity contribution < 1.29 is 24.6 Å². The maximum absolute atomic E-state index is 11.8. The largest absolute Gasteiger partial charge is 0.480 e. The first kappa shape index (κ1) is 16.6. The van der Waals surface area contributed by atoms with Crippen LogP contribution in [-0.4, -0.2) is 46.0 Å². The van der Waals surface area contributed by atoms with Crippen LogP contribution in [0.5, 0.6) is 0 Å². The molecule has 1 aromatic rings. The zero-order valence-corrected chi connectivity index (χ0v) is 11.9. The van der Waals surface area contributed by atoms with Crippen molar-refractivity contribution in [1.29, 1.82) is 0 Å². The van der Waals surface area contributed by atoms with Gasteiger partial charge in [-0.15, -0.1) is 0 Å². The average Bonchev–Trinajstić information content (AvgIpc) is 2.31. The molecule has 0 fully saturated rings. The molecule has 0 radical (unpaired) electrons. The third-order valence-electron chi connectivity index (χ3n) is 3.13. The maximum Gasteiger partial charge on any atom is 0.317 e. The number of rotatable bonds is 7. The van der Waals surface area contributed by atoms with E-state index < -0.39 is 37.0 Å². The molecule has 0 heterocycles. The Kier molecular flexibility index (Phi) is 5.43. The van der Waals surface area contributed by atoms with Gasteiger partial charge in [0.15, 0.2) is 0 Å². The van der Waals surface area contributed by atoms with E-state index in [1.54, 1.807) is 32.0 Å². The summed E-state index contributed by atoms with van der Waals surface area (Å²) in [6, 6.07) is 4.22. The van der Waals surface area contributed by atoms with Gasteiger partial charge in [0.05, 0.1) is 13.1 Å². The van der Waals surface area contributed by atoms with Crippen molar-refractivity contribution in [2.24, 2.45) is 5.73 Å². The lowest BCUT2D eigenvalue weighted by atomic mass is 9.94. The van der Waals surface area contributed by atoms with Crippen molar-refractivity contribution in [3.8, 4) is 0 Å². The number of nitrogens with two attached hydrogens (primary N) is 1. The lowest BCUT2D eigenvalue weighted by Gasteiger charge is -2.29. The summed E-state index contributed by atoms with van der Waals surface area (Å²) >= 11 is 0. The third kappa shape index (κ3) is 4.28. The van der Waals surface area contributed by atoms with E-state index in [9.17, 15) is 14.4 Å². The van der Waals surface area contributed by atoms with Crippen molar-refractivity contribution in [2.75, 3.05) is 13.1 Å². The van der Waals surface area contributed by atoms with Gasteiger partial charge in [0.2, 0.25) is 5.91 Å². The predicted molar refractivity (Wildman–Crippen MR) is 74.7 cm³/mol. The van der Waals surface area contributed by atoms with E-state index in [1.807, 2.05) is 0 Å². The van der Waals surface area contributed by atoms with Crippen molar-refractivity contribution in [3.63, 3.8) is 0 Å². The van der Waals surface area contributed by atoms with Crippen molar-refractivity contribution >= 4 is 17.8 Å². The summed E-state index contributed by atoms with van der Waals surface area (Å²) in [4.78, 5) is 34.7. The van der Waals surface area contributed by atoms with E-state index in [2.05, 4.69) is 0 Å². The summed E-state index contributed by atoms with van der Waals surface area (Å²) in [5.41, 5.74) is 7.44. The Hall–Kier alpha value is -2.41. The molecule has 0 saturated carbocycles. The van der Waals surface area contributed by atoms with Crippen LogP contribution in [0.15, 0.2) is 18.2 Å². The molecule has 1 unspecified atom stereocenters. The van der Waals surface area contributed by atoms with Crippen LogP contribution in [0.2, 0.25) is 0 Å². The smallest absolute Gasteiger partial charge is 0.317 e. The lowest BCUT2D eigenvalue weighted by Crippen LogP contribution is -2.43. The number of amides is 1. The quantitative estimate of drug-likeness (QED) is 0.665. The molecule has 4 N–H and O–H groups in total. The van der Waals surface area contributed by atoms with Gasteiger partial charge in [-0.1, -0.05) is 18.2 Å². The second-order valence-corrected chi connectivity index (χ2v) is 4.80. The highest BCUT2D eigenvalue weighted by atomic mass is 16.4. The Morgan fingerprint density at radius 3 is 1.86 bits per heavy atom. The molecule has 21 heavy (non-hydrogen) atoms. The van der Waals surface area contributed by atoms with Gasteiger partial charge in [-0.05, 0) is 30.5 Å². The van der Waals surface area contributed by atoms with Gasteiger partial charge in [-0.25, -0.2) is 0 Å². The minimum atomic E-state index is -1.23. The highest BCUT2D eigenvalue weighted by Gasteiger charge is 2.31. The SMILES string of the molecule is Cc1cccc(C)c1C(C(N)=O)N(CC(=O)O)CC(=O)O. The van der Waals surface area contributed by atoms with Gasteiger partial charge >= 0.3 is 11.9 Å². The number of hydrogen-bond donors (Lipinski definition) is 3. The second-order valence-electron chi connectivity index (χ2n) is 4.80. The number of carbonyl (C=O) groups excluding carboxylic acids is 1. The van der Waals surface area contributed by atoms with Crippen molar-refractivity contribution in [3.05, 3.63) is 34.9 Å². The van der Waals surface area contributed by atoms with E-state index in [0.29, 0.717) is 5.56 Å². The van der Waals surface area contributed by atoms with Crippen LogP contribution in [0.1, 0.15) is 22.7 Å². The van der Waals surface area contributed by atoms with E-state index in [1.165, 1.54) is 0 Å². The van der Waals surface area contributed by atoms with Crippen LogP contribution >= 0.6 is 0 Å². The van der Waals surface area contributed by atoms with E-state index >= 15 is 0 Å². The van der Waals surface area contributed by atoms with Crippen LogP contribution < -0.4 is 5.73 Å². The molecule has 0 spiro atoms. The first-order valence-electron chi connectivity index (χ1n) is 6.27. The number of carbonyl (C=O) groups is 3. The van der Waals surface area contributed by atoms with Crippen LogP contribution in [0, 0.1) is 13.8 Å². The molecule has 1 atom stereocenters. The van der Waals surface area contributed by atoms with Crippen LogP contribution in [0.25, 0.3) is 0 Å². The molecule has 0 bridgehead atoms. The van der Waals surface area contributed by atoms with E-state index in [0.717, 1.165) is 16.0 Å². The fourth-order valence-corrected chi connectivity index (χ4v) is 2.35.